The molecule has 1 aliphatic carbocycles. The molecule has 0 radical (unpaired) electrons. The Kier molecular flexibility index (Phi) is 7.50. The van der Waals surface area contributed by atoms with Crippen molar-refractivity contribution in [1.29, 1.82) is 0 Å². The van der Waals surface area contributed by atoms with E-state index in [-0.39, 0.29) is 14.9 Å². The average molecular weight is 568 g/mol. The Morgan fingerprint density at radius 2 is 0.705 bits per heavy atom. The van der Waals surface area contributed by atoms with Crippen molar-refractivity contribution < 1.29 is 0 Å². The molecule has 6 aromatic carbocycles. The summed E-state index contributed by atoms with van der Waals surface area (Å²) < 4.78 is 0. The fraction of sp³-hybridized carbons (Fsp3) is 0.143. The molecule has 0 aromatic heterocycles. The molecule has 2 heteroatoms. The molecular weight excluding hydrogens is 526 g/mol. The van der Waals surface area contributed by atoms with Gasteiger partial charge >= 0.3 is 0 Å². The zero-order valence-electron chi connectivity index (χ0n) is 24.4. The Morgan fingerprint density at radius 3 is 1.14 bits per heavy atom. The predicted octanol–water partition coefficient (Wildman–Crippen LogP) is 6.90. The number of aryl methyl sites for hydroxylation is 2. The van der Waals surface area contributed by atoms with Gasteiger partial charge in [-0.3, -0.25) is 0 Å². The first-order chi connectivity index (χ1) is 20.6. The average Bonchev–Trinajstić information content (AvgIpc) is 3.50. The molecule has 0 spiro atoms. The first-order valence-electron chi connectivity index (χ1n) is 15.6. The Hall–Kier alpha value is -4.55. The smallest absolute Gasteiger partial charge is 0.0803 e. The first kappa shape index (κ1) is 29.5. The van der Waals surface area contributed by atoms with Crippen LogP contribution >= 0.6 is 0 Å². The van der Waals surface area contributed by atoms with Gasteiger partial charge in [0.15, 0.2) is 0 Å². The molecule has 0 saturated heterocycles. The summed E-state index contributed by atoms with van der Waals surface area (Å²) in [6.07, 6.45) is 0.689. The maximum Gasteiger partial charge on any atom is 0.0803 e. The largest absolute Gasteiger partial charge is 0.200 e. The Labute approximate surface area is 264 Å². The second kappa shape index (κ2) is 11.2. The third-order valence-electron chi connectivity index (χ3n) is 10.9. The van der Waals surface area contributed by atoms with Crippen LogP contribution in [0, 0.1) is 0 Å². The van der Waals surface area contributed by atoms with Crippen molar-refractivity contribution in [2.24, 2.45) is 0 Å². The molecule has 0 unspecified atom stereocenters. The van der Waals surface area contributed by atoms with E-state index in [1.807, 2.05) is 0 Å². The highest BCUT2D eigenvalue weighted by atomic mass is 14.3. The first-order valence-corrected chi connectivity index (χ1v) is 15.6. The minimum atomic E-state index is -0.838. The van der Waals surface area contributed by atoms with Crippen molar-refractivity contribution in [1.82, 2.24) is 0 Å². The molecule has 6 aromatic rings. The molecule has 9 rings (SSSR count). The van der Waals surface area contributed by atoms with Crippen molar-refractivity contribution in [2.45, 2.75) is 41.3 Å². The minimum absolute atomic E-state index is 0. The standard InChI is InChI=1S/C21H18B.C19H16B.2CH4/c1-22(17-9-3-2-4-10-17)18-11-5-7-15-13-14-16-8-6-12-19(22)21(16)20(15)18;1-20(15-9-3-2-4-10-15)18-13-7-5-11-16(18)17-12-6-8-14-19(17)20;;/h2-12H,13-14H2,1H3;2-14H,1H3;2*1H4/q2*-1;;. The minimum Gasteiger partial charge on any atom is -0.200 e. The van der Waals surface area contributed by atoms with E-state index in [1.54, 1.807) is 33.2 Å². The van der Waals surface area contributed by atoms with Gasteiger partial charge in [-0.15, -0.1) is 0 Å². The van der Waals surface area contributed by atoms with Crippen LogP contribution in [0.3, 0.4) is 0 Å². The number of hydrogen-bond acceptors (Lipinski definition) is 0. The summed E-state index contributed by atoms with van der Waals surface area (Å²) in [5.41, 5.74) is 17.9. The van der Waals surface area contributed by atoms with Gasteiger partial charge in [0.2, 0.25) is 0 Å². The van der Waals surface area contributed by atoms with Gasteiger partial charge in [-0.2, -0.15) is 35.5 Å². The van der Waals surface area contributed by atoms with E-state index >= 15 is 0 Å². The molecule has 2 heterocycles. The molecule has 0 bridgehead atoms. The second-order valence-electron chi connectivity index (χ2n) is 12.9. The number of fused-ring (bicyclic) bond motifs is 3. The third-order valence-corrected chi connectivity index (χ3v) is 10.9. The van der Waals surface area contributed by atoms with Crippen LogP contribution in [0.25, 0.3) is 22.3 Å². The molecule has 0 fully saturated rings. The molecule has 0 saturated carbocycles. The summed E-state index contributed by atoms with van der Waals surface area (Å²) in [6, 6.07) is 53.6. The highest BCUT2D eigenvalue weighted by Crippen LogP contribution is 2.37. The number of hydrogen-bond donors (Lipinski definition) is 0. The summed E-state index contributed by atoms with van der Waals surface area (Å²) in [5, 5.41) is 0. The molecule has 0 atom stereocenters. The normalized spacial score (nSPS) is 14.9. The zero-order valence-corrected chi connectivity index (χ0v) is 24.4. The third kappa shape index (κ3) is 4.08. The van der Waals surface area contributed by atoms with E-state index in [0.29, 0.717) is 0 Å². The lowest BCUT2D eigenvalue weighted by Crippen LogP contribution is -2.62. The van der Waals surface area contributed by atoms with Gasteiger partial charge in [0, 0.05) is 0 Å². The summed E-state index contributed by atoms with van der Waals surface area (Å²) in [4.78, 5) is 0. The van der Waals surface area contributed by atoms with Gasteiger partial charge in [0.05, 0.1) is 12.3 Å². The zero-order chi connectivity index (χ0) is 28.3. The molecule has 0 amide bonds. The summed E-state index contributed by atoms with van der Waals surface area (Å²) in [7, 11) is 0. The Balaban J connectivity index is 0.000000150. The van der Waals surface area contributed by atoms with Crippen molar-refractivity contribution in [3.05, 3.63) is 157 Å². The molecule has 44 heavy (non-hydrogen) atoms. The van der Waals surface area contributed by atoms with E-state index in [1.165, 1.54) is 45.8 Å². The van der Waals surface area contributed by atoms with Crippen molar-refractivity contribution in [3.8, 4) is 22.3 Å². The Bertz CT molecular complexity index is 1860. The topological polar surface area (TPSA) is 0 Å². The fourth-order valence-corrected chi connectivity index (χ4v) is 8.72. The molecule has 3 aliphatic rings. The molecular formula is C42H42B2-2. The maximum atomic E-state index is 2.46. The van der Waals surface area contributed by atoms with Crippen LogP contribution in [-0.2, 0) is 12.8 Å². The maximum absolute atomic E-state index is 2.46. The van der Waals surface area contributed by atoms with Gasteiger partial charge in [-0.05, 0) is 24.0 Å². The lowest BCUT2D eigenvalue weighted by Gasteiger charge is -2.35. The lowest BCUT2D eigenvalue weighted by atomic mass is 9.18. The summed E-state index contributed by atoms with van der Waals surface area (Å²) in [6.45, 7) is 4.86. The molecule has 2 aliphatic heterocycles. The highest BCUT2D eigenvalue weighted by Gasteiger charge is 2.37. The van der Waals surface area contributed by atoms with E-state index in [0.717, 1.165) is 0 Å². The number of rotatable bonds is 2. The van der Waals surface area contributed by atoms with E-state index in [2.05, 4.69) is 159 Å². The van der Waals surface area contributed by atoms with Crippen LogP contribution in [0.1, 0.15) is 26.0 Å². The van der Waals surface area contributed by atoms with Crippen LogP contribution in [-0.4, -0.2) is 12.3 Å². The van der Waals surface area contributed by atoms with Gasteiger partial charge in [0.25, 0.3) is 0 Å². The van der Waals surface area contributed by atoms with Crippen LogP contribution in [0.4, 0.5) is 0 Å². The van der Waals surface area contributed by atoms with E-state index in [9.17, 15) is 0 Å². The van der Waals surface area contributed by atoms with Gasteiger partial charge in [-0.25, -0.2) is 10.9 Å². The van der Waals surface area contributed by atoms with Gasteiger partial charge < -0.3 is 0 Å². The quantitative estimate of drug-likeness (QED) is 0.199. The van der Waals surface area contributed by atoms with Gasteiger partial charge in [-0.1, -0.05) is 183 Å². The van der Waals surface area contributed by atoms with Gasteiger partial charge in [0.1, 0.15) is 0 Å². The summed E-state index contributed by atoms with van der Waals surface area (Å²) in [5.74, 6) is 0. The summed E-state index contributed by atoms with van der Waals surface area (Å²) >= 11 is 0. The van der Waals surface area contributed by atoms with Crippen LogP contribution < -0.4 is 32.8 Å². The molecule has 0 N–H and O–H groups in total. The van der Waals surface area contributed by atoms with Crippen molar-refractivity contribution in [3.63, 3.8) is 0 Å². The lowest BCUT2D eigenvalue weighted by molar-refractivity contribution is 0.947. The highest BCUT2D eigenvalue weighted by molar-refractivity contribution is 7.14. The van der Waals surface area contributed by atoms with Crippen LogP contribution in [0.15, 0.2) is 146 Å². The fourth-order valence-electron chi connectivity index (χ4n) is 8.72. The SMILES string of the molecule is C.C.C[B-]1(c2ccccc2)c2cccc3c2-c2c(cccc21)CC3.C[B-]1(c2ccccc2)c2ccccc2-c2ccccc21. The second-order valence-corrected chi connectivity index (χ2v) is 12.9. The molecule has 0 nitrogen and oxygen atoms in total. The van der Waals surface area contributed by atoms with Crippen LogP contribution in [0.5, 0.6) is 0 Å². The van der Waals surface area contributed by atoms with E-state index < -0.39 is 12.3 Å². The van der Waals surface area contributed by atoms with Crippen LogP contribution in [0.2, 0.25) is 13.6 Å². The van der Waals surface area contributed by atoms with Crippen molar-refractivity contribution >= 4 is 45.1 Å². The van der Waals surface area contributed by atoms with Crippen molar-refractivity contribution in [2.75, 3.05) is 0 Å². The predicted molar refractivity (Wildman–Crippen MR) is 199 cm³/mol. The Morgan fingerprint density at radius 1 is 0.364 bits per heavy atom. The molecule has 218 valence electrons. The monoisotopic (exact) mass is 568 g/mol. The van der Waals surface area contributed by atoms with E-state index in [4.69, 9.17) is 0 Å². The number of benzene rings is 6.